The van der Waals surface area contributed by atoms with Crippen molar-refractivity contribution < 1.29 is 27.5 Å². The summed E-state index contributed by atoms with van der Waals surface area (Å²) in [4.78, 5) is 25.2. The molecule has 0 bridgehead atoms. The SMILES string of the molecule is Cc1ccc(C(=O)OCC(=O)c2ccc3c(c2)CCCC3)cc1S(=O)(=O)N1CCOCC1. The van der Waals surface area contributed by atoms with Crippen LogP contribution in [0, 0.1) is 6.92 Å². The molecule has 0 amide bonds. The molecule has 2 aliphatic rings. The summed E-state index contributed by atoms with van der Waals surface area (Å²) in [7, 11) is -3.75. The van der Waals surface area contributed by atoms with Gasteiger partial charge in [0.15, 0.2) is 12.4 Å². The fraction of sp³-hybridized carbons (Fsp3) is 0.417. The Morgan fingerprint density at radius 2 is 1.66 bits per heavy atom. The standard InChI is InChI=1S/C24H27NO6S/c1-17-6-7-21(15-23(17)32(28,29)25-10-12-30-13-11-25)24(27)31-16-22(26)20-9-8-18-4-2-3-5-19(18)14-20/h6-9,14-15H,2-5,10-13,16H2,1H3. The molecule has 1 fully saturated rings. The highest BCUT2D eigenvalue weighted by Gasteiger charge is 2.28. The normalized spacial score (nSPS) is 16.9. The zero-order valence-corrected chi connectivity index (χ0v) is 18.9. The summed E-state index contributed by atoms with van der Waals surface area (Å²) in [5.74, 6) is -1.00. The molecule has 4 rings (SSSR count). The predicted molar refractivity (Wildman–Crippen MR) is 118 cm³/mol. The van der Waals surface area contributed by atoms with Gasteiger partial charge in [0.2, 0.25) is 10.0 Å². The number of ether oxygens (including phenoxy) is 2. The van der Waals surface area contributed by atoms with Gasteiger partial charge in [-0.05, 0) is 67.5 Å². The van der Waals surface area contributed by atoms with E-state index in [9.17, 15) is 18.0 Å². The third-order valence-electron chi connectivity index (χ3n) is 6.02. The molecular weight excluding hydrogens is 430 g/mol. The number of carbonyl (C=O) groups is 2. The van der Waals surface area contributed by atoms with Crippen molar-refractivity contribution in [2.75, 3.05) is 32.9 Å². The van der Waals surface area contributed by atoms with E-state index in [-0.39, 0.29) is 29.3 Å². The Labute approximate surface area is 188 Å². The lowest BCUT2D eigenvalue weighted by Gasteiger charge is -2.26. The van der Waals surface area contributed by atoms with Gasteiger partial charge in [-0.25, -0.2) is 13.2 Å². The van der Waals surface area contributed by atoms with Gasteiger partial charge < -0.3 is 9.47 Å². The summed E-state index contributed by atoms with van der Waals surface area (Å²) in [6, 6.07) is 10.1. The van der Waals surface area contributed by atoms with Crippen molar-refractivity contribution in [3.63, 3.8) is 0 Å². The largest absolute Gasteiger partial charge is 0.454 e. The molecule has 8 heteroatoms. The minimum Gasteiger partial charge on any atom is -0.454 e. The average Bonchev–Trinajstić information content (AvgIpc) is 2.82. The van der Waals surface area contributed by atoms with E-state index in [4.69, 9.17) is 9.47 Å². The lowest BCUT2D eigenvalue weighted by atomic mass is 9.90. The zero-order valence-electron chi connectivity index (χ0n) is 18.1. The number of rotatable bonds is 6. The molecule has 0 saturated carbocycles. The summed E-state index contributed by atoms with van der Waals surface area (Å²) >= 11 is 0. The highest BCUT2D eigenvalue weighted by atomic mass is 32.2. The Morgan fingerprint density at radius 1 is 0.969 bits per heavy atom. The van der Waals surface area contributed by atoms with Gasteiger partial charge in [-0.15, -0.1) is 0 Å². The van der Waals surface area contributed by atoms with Crippen LogP contribution in [0.25, 0.3) is 0 Å². The number of benzene rings is 2. The van der Waals surface area contributed by atoms with Crippen molar-refractivity contribution in [1.82, 2.24) is 4.31 Å². The fourth-order valence-corrected chi connectivity index (χ4v) is 5.79. The molecule has 2 aromatic carbocycles. The van der Waals surface area contributed by atoms with Gasteiger partial charge in [0.05, 0.1) is 23.7 Å². The molecular formula is C24H27NO6S. The second kappa shape index (κ2) is 9.52. The van der Waals surface area contributed by atoms with Crippen molar-refractivity contribution in [2.24, 2.45) is 0 Å². The van der Waals surface area contributed by atoms with Gasteiger partial charge in [0.1, 0.15) is 0 Å². The van der Waals surface area contributed by atoms with Crippen molar-refractivity contribution >= 4 is 21.8 Å². The number of ketones is 1. The number of Topliss-reactive ketones (excluding diaryl/α,β-unsaturated/α-hetero) is 1. The summed E-state index contributed by atoms with van der Waals surface area (Å²) in [5.41, 5.74) is 3.63. The first-order chi connectivity index (χ1) is 15.4. The van der Waals surface area contributed by atoms with Crippen LogP contribution in [0.2, 0.25) is 0 Å². The molecule has 0 aromatic heterocycles. The summed E-state index contributed by atoms with van der Waals surface area (Å²) in [6.45, 7) is 2.51. The van der Waals surface area contributed by atoms with E-state index < -0.39 is 22.6 Å². The molecule has 0 unspecified atom stereocenters. The van der Waals surface area contributed by atoms with Gasteiger partial charge in [-0.3, -0.25) is 4.79 Å². The van der Waals surface area contributed by atoms with Crippen LogP contribution >= 0.6 is 0 Å². The predicted octanol–water partition coefficient (Wildman–Crippen LogP) is 2.93. The topological polar surface area (TPSA) is 90.0 Å². The Bertz CT molecular complexity index is 1140. The summed E-state index contributed by atoms with van der Waals surface area (Å²) in [5, 5.41) is 0. The number of carbonyl (C=O) groups excluding carboxylic acids is 2. The van der Waals surface area contributed by atoms with Crippen molar-refractivity contribution in [1.29, 1.82) is 0 Å². The maximum atomic E-state index is 13.0. The van der Waals surface area contributed by atoms with Gasteiger partial charge in [-0.1, -0.05) is 18.2 Å². The minimum absolute atomic E-state index is 0.0647. The number of fused-ring (bicyclic) bond motifs is 1. The minimum atomic E-state index is -3.75. The first kappa shape index (κ1) is 22.6. The van der Waals surface area contributed by atoms with E-state index in [0.717, 1.165) is 25.7 Å². The Kier molecular flexibility index (Phi) is 6.74. The monoisotopic (exact) mass is 457 g/mol. The summed E-state index contributed by atoms with van der Waals surface area (Å²) < 4.78 is 37.8. The molecule has 1 aliphatic heterocycles. The van der Waals surface area contributed by atoms with E-state index in [1.54, 1.807) is 19.1 Å². The maximum absolute atomic E-state index is 13.0. The second-order valence-corrected chi connectivity index (χ2v) is 10.1. The molecule has 1 heterocycles. The molecule has 1 aliphatic carbocycles. The molecule has 0 radical (unpaired) electrons. The number of esters is 1. The van der Waals surface area contributed by atoms with Crippen LogP contribution < -0.4 is 0 Å². The van der Waals surface area contributed by atoms with Crippen LogP contribution in [0.5, 0.6) is 0 Å². The van der Waals surface area contributed by atoms with Crippen LogP contribution in [0.1, 0.15) is 50.2 Å². The molecule has 170 valence electrons. The lowest BCUT2D eigenvalue weighted by Crippen LogP contribution is -2.40. The Hall–Kier alpha value is -2.55. The maximum Gasteiger partial charge on any atom is 0.338 e. The van der Waals surface area contributed by atoms with E-state index in [1.165, 1.54) is 27.6 Å². The summed E-state index contributed by atoms with van der Waals surface area (Å²) in [6.07, 6.45) is 4.27. The third kappa shape index (κ3) is 4.77. The van der Waals surface area contributed by atoms with Crippen LogP contribution in [0.15, 0.2) is 41.3 Å². The van der Waals surface area contributed by atoms with Crippen LogP contribution in [-0.4, -0.2) is 57.4 Å². The number of aryl methyl sites for hydroxylation is 3. The Balaban J connectivity index is 1.45. The number of hydrogen-bond acceptors (Lipinski definition) is 6. The highest BCUT2D eigenvalue weighted by Crippen LogP contribution is 2.24. The molecule has 0 atom stereocenters. The first-order valence-corrected chi connectivity index (χ1v) is 12.3. The number of sulfonamides is 1. The lowest BCUT2D eigenvalue weighted by molar-refractivity contribution is 0.0474. The fourth-order valence-electron chi connectivity index (χ4n) is 4.14. The third-order valence-corrected chi connectivity index (χ3v) is 8.06. The van der Waals surface area contributed by atoms with Crippen LogP contribution in [0.4, 0.5) is 0 Å². The Morgan fingerprint density at radius 3 is 2.41 bits per heavy atom. The molecule has 32 heavy (non-hydrogen) atoms. The molecule has 0 spiro atoms. The number of morpholine rings is 1. The van der Waals surface area contributed by atoms with Crippen molar-refractivity contribution in [3.05, 3.63) is 64.2 Å². The molecule has 2 aromatic rings. The molecule has 1 saturated heterocycles. The highest BCUT2D eigenvalue weighted by molar-refractivity contribution is 7.89. The van der Waals surface area contributed by atoms with E-state index >= 15 is 0 Å². The van der Waals surface area contributed by atoms with Gasteiger partial charge in [0.25, 0.3) is 0 Å². The van der Waals surface area contributed by atoms with Gasteiger partial charge >= 0.3 is 5.97 Å². The van der Waals surface area contributed by atoms with Crippen molar-refractivity contribution in [3.8, 4) is 0 Å². The molecule has 0 N–H and O–H groups in total. The average molecular weight is 458 g/mol. The van der Waals surface area contributed by atoms with Crippen LogP contribution in [0.3, 0.4) is 0 Å². The van der Waals surface area contributed by atoms with Crippen LogP contribution in [-0.2, 0) is 32.3 Å². The smallest absolute Gasteiger partial charge is 0.338 e. The zero-order chi connectivity index (χ0) is 22.7. The van der Waals surface area contributed by atoms with Gasteiger partial charge in [-0.2, -0.15) is 4.31 Å². The first-order valence-electron chi connectivity index (χ1n) is 10.9. The van der Waals surface area contributed by atoms with E-state index in [1.807, 2.05) is 12.1 Å². The van der Waals surface area contributed by atoms with E-state index in [2.05, 4.69) is 0 Å². The second-order valence-electron chi connectivity index (χ2n) is 8.19. The van der Waals surface area contributed by atoms with E-state index in [0.29, 0.717) is 24.3 Å². The number of nitrogens with zero attached hydrogens (tertiary/aromatic N) is 1. The number of hydrogen-bond donors (Lipinski definition) is 0. The van der Waals surface area contributed by atoms with Crippen molar-refractivity contribution in [2.45, 2.75) is 37.5 Å². The quantitative estimate of drug-likeness (QED) is 0.489. The van der Waals surface area contributed by atoms with Gasteiger partial charge in [0, 0.05) is 18.7 Å². The molecule has 7 nitrogen and oxygen atoms in total.